The first-order valence-electron chi connectivity index (χ1n) is 6.00. The van der Waals surface area contributed by atoms with Crippen LogP contribution in [0.3, 0.4) is 0 Å². The molecule has 5 nitrogen and oxygen atoms in total. The van der Waals surface area contributed by atoms with Gasteiger partial charge in [0, 0.05) is 18.8 Å². The van der Waals surface area contributed by atoms with Gasteiger partial charge in [-0.2, -0.15) is 5.26 Å². The first kappa shape index (κ1) is 15.3. The zero-order valence-electron chi connectivity index (χ0n) is 11.4. The number of nitrogens with two attached hydrogens (primary N) is 1. The molecule has 0 spiro atoms. The van der Waals surface area contributed by atoms with Gasteiger partial charge < -0.3 is 10.6 Å². The van der Waals surface area contributed by atoms with E-state index in [1.165, 1.54) is 6.07 Å². The molecule has 0 aliphatic rings. The Kier molecular flexibility index (Phi) is 4.78. The van der Waals surface area contributed by atoms with Gasteiger partial charge in [-0.05, 0) is 32.0 Å². The number of nitrogen functional groups attached to an aromatic ring is 1. The standard InChI is InChI=1S/C13H19N3O2S/c1-10(2)16(8-4-7-14)13-6-5-11(9-12(13)15)19(3,17)18/h5-6,9-10H,4,8,15H2,1-3H3. The molecule has 0 heterocycles. The molecule has 0 saturated heterocycles. The van der Waals surface area contributed by atoms with Gasteiger partial charge in [-0.25, -0.2) is 8.42 Å². The summed E-state index contributed by atoms with van der Waals surface area (Å²) in [5.74, 6) is 0. The van der Waals surface area contributed by atoms with Crippen molar-refractivity contribution >= 4 is 21.2 Å². The van der Waals surface area contributed by atoms with E-state index in [1.807, 2.05) is 18.7 Å². The van der Waals surface area contributed by atoms with E-state index in [0.717, 1.165) is 11.9 Å². The number of hydrogen-bond acceptors (Lipinski definition) is 5. The minimum Gasteiger partial charge on any atom is -0.397 e. The van der Waals surface area contributed by atoms with E-state index < -0.39 is 9.84 Å². The summed E-state index contributed by atoms with van der Waals surface area (Å²) in [5, 5.41) is 8.68. The fourth-order valence-corrected chi connectivity index (χ4v) is 2.51. The molecule has 0 radical (unpaired) electrons. The summed E-state index contributed by atoms with van der Waals surface area (Å²) < 4.78 is 22.9. The van der Waals surface area contributed by atoms with Gasteiger partial charge in [0.25, 0.3) is 0 Å². The molecular formula is C13H19N3O2S. The zero-order chi connectivity index (χ0) is 14.6. The van der Waals surface area contributed by atoms with Crippen molar-refractivity contribution < 1.29 is 8.42 Å². The highest BCUT2D eigenvalue weighted by Crippen LogP contribution is 2.27. The summed E-state index contributed by atoms with van der Waals surface area (Å²) in [6.45, 7) is 4.57. The lowest BCUT2D eigenvalue weighted by Gasteiger charge is -2.29. The van der Waals surface area contributed by atoms with E-state index in [0.29, 0.717) is 18.7 Å². The van der Waals surface area contributed by atoms with E-state index in [-0.39, 0.29) is 10.9 Å². The minimum atomic E-state index is -3.26. The molecule has 2 N–H and O–H groups in total. The van der Waals surface area contributed by atoms with Crippen LogP contribution in [0.1, 0.15) is 20.3 Å². The third kappa shape index (κ3) is 3.86. The van der Waals surface area contributed by atoms with E-state index in [2.05, 4.69) is 6.07 Å². The lowest BCUT2D eigenvalue weighted by molar-refractivity contribution is 0.602. The van der Waals surface area contributed by atoms with Gasteiger partial charge in [-0.1, -0.05) is 0 Å². The number of benzene rings is 1. The second-order valence-corrected chi connectivity index (χ2v) is 6.70. The maximum Gasteiger partial charge on any atom is 0.175 e. The van der Waals surface area contributed by atoms with Gasteiger partial charge in [0.05, 0.1) is 28.8 Å². The molecule has 1 aromatic rings. The van der Waals surface area contributed by atoms with Crippen LogP contribution in [0.2, 0.25) is 0 Å². The molecule has 19 heavy (non-hydrogen) atoms. The Morgan fingerprint density at radius 1 is 1.42 bits per heavy atom. The summed E-state index contributed by atoms with van der Waals surface area (Å²) in [4.78, 5) is 2.20. The SMILES string of the molecule is CC(C)N(CCC#N)c1ccc(S(C)(=O)=O)cc1N. The number of anilines is 2. The Bertz CT molecular complexity index is 588. The van der Waals surface area contributed by atoms with Crippen molar-refractivity contribution in [2.45, 2.75) is 31.2 Å². The Balaban J connectivity index is 3.16. The van der Waals surface area contributed by atoms with Crippen molar-refractivity contribution in [1.29, 1.82) is 5.26 Å². The molecule has 0 unspecified atom stereocenters. The lowest BCUT2D eigenvalue weighted by Crippen LogP contribution is -2.32. The molecule has 0 amide bonds. The highest BCUT2D eigenvalue weighted by atomic mass is 32.2. The molecule has 0 aliphatic heterocycles. The predicted molar refractivity (Wildman–Crippen MR) is 76.7 cm³/mol. The van der Waals surface area contributed by atoms with Crippen molar-refractivity contribution in [3.63, 3.8) is 0 Å². The van der Waals surface area contributed by atoms with Crippen LogP contribution in [0, 0.1) is 11.3 Å². The minimum absolute atomic E-state index is 0.180. The molecule has 1 rings (SSSR count). The van der Waals surface area contributed by atoms with Gasteiger partial charge in [-0.3, -0.25) is 0 Å². The molecular weight excluding hydrogens is 262 g/mol. The second-order valence-electron chi connectivity index (χ2n) is 4.69. The smallest absolute Gasteiger partial charge is 0.175 e. The quantitative estimate of drug-likeness (QED) is 0.831. The highest BCUT2D eigenvalue weighted by molar-refractivity contribution is 7.90. The van der Waals surface area contributed by atoms with Crippen molar-refractivity contribution in [2.75, 3.05) is 23.4 Å². The van der Waals surface area contributed by atoms with Gasteiger partial charge in [0.15, 0.2) is 9.84 Å². The van der Waals surface area contributed by atoms with Crippen LogP contribution in [-0.4, -0.2) is 27.3 Å². The average Bonchev–Trinajstić information content (AvgIpc) is 2.29. The summed E-state index contributed by atoms with van der Waals surface area (Å²) in [7, 11) is -3.26. The fourth-order valence-electron chi connectivity index (χ4n) is 1.85. The molecule has 1 aromatic carbocycles. The summed E-state index contributed by atoms with van der Waals surface area (Å²) in [6.07, 6.45) is 1.54. The number of rotatable bonds is 5. The molecule has 0 aromatic heterocycles. The number of sulfone groups is 1. The van der Waals surface area contributed by atoms with Crippen LogP contribution in [0.5, 0.6) is 0 Å². The molecule has 0 atom stereocenters. The van der Waals surface area contributed by atoms with Crippen LogP contribution in [0.15, 0.2) is 23.1 Å². The predicted octanol–water partition coefficient (Wildman–Crippen LogP) is 1.80. The van der Waals surface area contributed by atoms with E-state index in [9.17, 15) is 8.42 Å². The number of nitriles is 1. The fraction of sp³-hybridized carbons (Fsp3) is 0.462. The third-order valence-electron chi connectivity index (χ3n) is 2.82. The Morgan fingerprint density at radius 2 is 2.05 bits per heavy atom. The zero-order valence-corrected chi connectivity index (χ0v) is 12.2. The third-order valence-corrected chi connectivity index (χ3v) is 3.93. The van der Waals surface area contributed by atoms with Gasteiger partial charge in [0.1, 0.15) is 0 Å². The summed E-state index contributed by atoms with van der Waals surface area (Å²) >= 11 is 0. The normalized spacial score (nSPS) is 11.3. The first-order chi connectivity index (χ1) is 8.77. The highest BCUT2D eigenvalue weighted by Gasteiger charge is 2.15. The van der Waals surface area contributed by atoms with Crippen molar-refractivity contribution in [3.8, 4) is 6.07 Å². The average molecular weight is 281 g/mol. The van der Waals surface area contributed by atoms with Crippen molar-refractivity contribution in [3.05, 3.63) is 18.2 Å². The Hall–Kier alpha value is -1.74. The monoisotopic (exact) mass is 281 g/mol. The summed E-state index contributed by atoms with van der Waals surface area (Å²) in [6, 6.07) is 6.99. The van der Waals surface area contributed by atoms with E-state index >= 15 is 0 Å². The van der Waals surface area contributed by atoms with Crippen LogP contribution in [0.4, 0.5) is 11.4 Å². The Labute approximate surface area is 114 Å². The number of hydrogen-bond donors (Lipinski definition) is 1. The number of nitrogens with zero attached hydrogens (tertiary/aromatic N) is 2. The maximum absolute atomic E-state index is 11.5. The van der Waals surface area contributed by atoms with Crippen LogP contribution in [-0.2, 0) is 9.84 Å². The molecule has 0 saturated carbocycles. The van der Waals surface area contributed by atoms with Gasteiger partial charge in [-0.15, -0.1) is 0 Å². The molecule has 6 heteroatoms. The maximum atomic E-state index is 11.5. The molecule has 104 valence electrons. The first-order valence-corrected chi connectivity index (χ1v) is 7.89. The van der Waals surface area contributed by atoms with Crippen molar-refractivity contribution in [1.82, 2.24) is 0 Å². The molecule has 0 fully saturated rings. The second kappa shape index (κ2) is 5.93. The summed E-state index contributed by atoms with van der Waals surface area (Å²) in [5.41, 5.74) is 7.11. The van der Waals surface area contributed by atoms with E-state index in [4.69, 9.17) is 11.0 Å². The van der Waals surface area contributed by atoms with Crippen LogP contribution in [0.25, 0.3) is 0 Å². The lowest BCUT2D eigenvalue weighted by atomic mass is 10.2. The van der Waals surface area contributed by atoms with Crippen molar-refractivity contribution in [2.24, 2.45) is 0 Å². The van der Waals surface area contributed by atoms with E-state index in [1.54, 1.807) is 12.1 Å². The van der Waals surface area contributed by atoms with Gasteiger partial charge in [0.2, 0.25) is 0 Å². The largest absolute Gasteiger partial charge is 0.397 e. The van der Waals surface area contributed by atoms with Gasteiger partial charge >= 0.3 is 0 Å². The molecule has 0 aliphatic carbocycles. The molecule has 0 bridgehead atoms. The van der Waals surface area contributed by atoms with Crippen LogP contribution < -0.4 is 10.6 Å². The Morgan fingerprint density at radius 3 is 2.47 bits per heavy atom. The topological polar surface area (TPSA) is 87.2 Å². The van der Waals surface area contributed by atoms with Crippen LogP contribution >= 0.6 is 0 Å².